The van der Waals surface area contributed by atoms with Crippen molar-refractivity contribution in [1.82, 2.24) is 20.8 Å². The molecule has 4 amide bonds. The van der Waals surface area contributed by atoms with E-state index in [1.54, 1.807) is 6.92 Å². The van der Waals surface area contributed by atoms with Crippen LogP contribution < -0.4 is 10.9 Å². The summed E-state index contributed by atoms with van der Waals surface area (Å²) in [6.45, 7) is 3.99. The second kappa shape index (κ2) is 5.66. The van der Waals surface area contributed by atoms with Crippen LogP contribution in [0.4, 0.5) is 4.79 Å². The van der Waals surface area contributed by atoms with Gasteiger partial charge in [-0.15, -0.1) is 0 Å². The Labute approximate surface area is 117 Å². The van der Waals surface area contributed by atoms with Gasteiger partial charge in [0, 0.05) is 12.5 Å². The lowest BCUT2D eigenvalue weighted by atomic mass is 10.0. The number of rotatable bonds is 3. The molecule has 2 aliphatic heterocycles. The van der Waals surface area contributed by atoms with E-state index in [1.165, 1.54) is 4.90 Å². The van der Waals surface area contributed by atoms with Crippen molar-refractivity contribution in [2.45, 2.75) is 45.2 Å². The average molecular weight is 284 g/mol. The second-order valence-electron chi connectivity index (χ2n) is 5.31. The standard InChI is InChI=1S/C12H20N4O4/c1-3-7(2)10(17)13-14-11(18)9-5-4-8-6-15(9)12(19)16(8)20/h7-9,20H,3-6H2,1-2H3,(H,13,17)(H,14,18)/t7?,8?,9-/m0/s1. The van der Waals surface area contributed by atoms with Gasteiger partial charge in [-0.25, -0.2) is 9.86 Å². The Bertz CT molecular complexity index is 428. The van der Waals surface area contributed by atoms with E-state index in [1.807, 2.05) is 6.92 Å². The number of amides is 4. The highest BCUT2D eigenvalue weighted by molar-refractivity contribution is 5.90. The number of urea groups is 1. The van der Waals surface area contributed by atoms with Gasteiger partial charge in [-0.05, 0) is 19.3 Å². The van der Waals surface area contributed by atoms with E-state index in [2.05, 4.69) is 10.9 Å². The Morgan fingerprint density at radius 3 is 2.75 bits per heavy atom. The molecule has 3 atom stereocenters. The summed E-state index contributed by atoms with van der Waals surface area (Å²) < 4.78 is 0. The lowest BCUT2D eigenvalue weighted by molar-refractivity contribution is -0.133. The first-order valence-electron chi connectivity index (χ1n) is 6.84. The van der Waals surface area contributed by atoms with Gasteiger partial charge in [-0.2, -0.15) is 0 Å². The van der Waals surface area contributed by atoms with Gasteiger partial charge in [0.25, 0.3) is 5.91 Å². The highest BCUT2D eigenvalue weighted by Crippen LogP contribution is 2.28. The van der Waals surface area contributed by atoms with Gasteiger partial charge in [0.15, 0.2) is 0 Å². The molecule has 2 heterocycles. The fourth-order valence-electron chi connectivity index (χ4n) is 2.44. The molecule has 0 aliphatic carbocycles. The topological polar surface area (TPSA) is 102 Å². The molecule has 8 heteroatoms. The minimum absolute atomic E-state index is 0.188. The van der Waals surface area contributed by atoms with E-state index >= 15 is 0 Å². The Morgan fingerprint density at radius 2 is 2.10 bits per heavy atom. The number of fused-ring (bicyclic) bond motifs is 2. The van der Waals surface area contributed by atoms with Crippen LogP contribution in [0.5, 0.6) is 0 Å². The number of piperidine rings is 1. The molecule has 0 radical (unpaired) electrons. The predicted octanol–water partition coefficient (Wildman–Crippen LogP) is -0.162. The van der Waals surface area contributed by atoms with Crippen LogP contribution >= 0.6 is 0 Å². The van der Waals surface area contributed by atoms with Gasteiger partial charge in [0.1, 0.15) is 6.04 Å². The van der Waals surface area contributed by atoms with Crippen molar-refractivity contribution in [2.24, 2.45) is 5.92 Å². The number of hydrogen-bond donors (Lipinski definition) is 3. The van der Waals surface area contributed by atoms with Crippen LogP contribution in [-0.4, -0.2) is 51.6 Å². The minimum Gasteiger partial charge on any atom is -0.309 e. The molecule has 3 N–H and O–H groups in total. The van der Waals surface area contributed by atoms with Crippen LogP contribution in [-0.2, 0) is 9.59 Å². The molecule has 0 spiro atoms. The first kappa shape index (κ1) is 14.6. The maximum Gasteiger partial charge on any atom is 0.344 e. The zero-order valence-electron chi connectivity index (χ0n) is 11.6. The SMILES string of the molecule is CCC(C)C(=O)NNC(=O)[C@@H]1CCC2CN1C(=O)N2O. The third-order valence-electron chi connectivity index (χ3n) is 4.02. The van der Waals surface area contributed by atoms with Crippen molar-refractivity contribution in [3.63, 3.8) is 0 Å². The summed E-state index contributed by atoms with van der Waals surface area (Å²) in [4.78, 5) is 36.7. The molecule has 2 saturated heterocycles. The van der Waals surface area contributed by atoms with E-state index in [4.69, 9.17) is 0 Å². The molecule has 0 aromatic heterocycles. The van der Waals surface area contributed by atoms with Crippen molar-refractivity contribution < 1.29 is 19.6 Å². The summed E-state index contributed by atoms with van der Waals surface area (Å²) in [5, 5.41) is 10.2. The molecule has 20 heavy (non-hydrogen) atoms. The van der Waals surface area contributed by atoms with Gasteiger partial charge >= 0.3 is 6.03 Å². The Kier molecular flexibility index (Phi) is 4.12. The van der Waals surface area contributed by atoms with Crippen LogP contribution in [0.15, 0.2) is 0 Å². The van der Waals surface area contributed by atoms with E-state index in [9.17, 15) is 19.6 Å². The molecule has 0 aromatic carbocycles. The van der Waals surface area contributed by atoms with E-state index in [0.29, 0.717) is 30.9 Å². The smallest absolute Gasteiger partial charge is 0.309 e. The summed E-state index contributed by atoms with van der Waals surface area (Å²) in [7, 11) is 0. The number of carbonyl (C=O) groups is 3. The summed E-state index contributed by atoms with van der Waals surface area (Å²) in [5.74, 6) is -0.873. The molecule has 0 saturated carbocycles. The predicted molar refractivity (Wildman–Crippen MR) is 68.3 cm³/mol. The third-order valence-corrected chi connectivity index (χ3v) is 4.02. The highest BCUT2D eigenvalue weighted by atomic mass is 16.5. The van der Waals surface area contributed by atoms with Gasteiger partial charge in [0.2, 0.25) is 5.91 Å². The lowest BCUT2D eigenvalue weighted by Gasteiger charge is -2.29. The molecule has 8 nitrogen and oxygen atoms in total. The molecule has 2 unspecified atom stereocenters. The van der Waals surface area contributed by atoms with Crippen molar-refractivity contribution in [2.75, 3.05) is 6.54 Å². The monoisotopic (exact) mass is 284 g/mol. The lowest BCUT2D eigenvalue weighted by Crippen LogP contribution is -2.54. The molecule has 2 bridgehead atoms. The first-order valence-corrected chi connectivity index (χ1v) is 6.84. The van der Waals surface area contributed by atoms with Crippen LogP contribution in [0.2, 0.25) is 0 Å². The minimum atomic E-state index is -0.645. The Balaban J connectivity index is 1.90. The van der Waals surface area contributed by atoms with Crippen molar-refractivity contribution >= 4 is 17.8 Å². The fourth-order valence-corrected chi connectivity index (χ4v) is 2.44. The number of hydroxylamine groups is 2. The molecular formula is C12H20N4O4. The molecule has 0 aromatic rings. The summed E-state index contributed by atoms with van der Waals surface area (Å²) in [5.41, 5.74) is 4.72. The first-order chi connectivity index (χ1) is 9.45. The van der Waals surface area contributed by atoms with Crippen LogP contribution in [0.1, 0.15) is 33.1 Å². The highest BCUT2D eigenvalue weighted by Gasteiger charge is 2.46. The van der Waals surface area contributed by atoms with Gasteiger partial charge in [-0.1, -0.05) is 13.8 Å². The van der Waals surface area contributed by atoms with Gasteiger partial charge in [-0.3, -0.25) is 25.6 Å². The van der Waals surface area contributed by atoms with E-state index in [0.717, 1.165) is 0 Å². The summed E-state index contributed by atoms with van der Waals surface area (Å²) in [6.07, 6.45) is 1.71. The summed E-state index contributed by atoms with van der Waals surface area (Å²) in [6, 6.07) is -1.43. The average Bonchev–Trinajstić information content (AvgIpc) is 2.68. The molecular weight excluding hydrogens is 264 g/mol. The van der Waals surface area contributed by atoms with E-state index in [-0.39, 0.29) is 17.9 Å². The maximum absolute atomic E-state index is 12.0. The van der Waals surface area contributed by atoms with Crippen molar-refractivity contribution in [3.05, 3.63) is 0 Å². The quantitative estimate of drug-likeness (QED) is 0.495. The molecule has 2 fully saturated rings. The Morgan fingerprint density at radius 1 is 1.40 bits per heavy atom. The third kappa shape index (κ3) is 2.55. The van der Waals surface area contributed by atoms with Gasteiger partial charge in [0.05, 0.1) is 6.04 Å². The van der Waals surface area contributed by atoms with Gasteiger partial charge < -0.3 is 4.90 Å². The second-order valence-corrected chi connectivity index (χ2v) is 5.31. The number of nitrogens with zero attached hydrogens (tertiary/aromatic N) is 2. The normalized spacial score (nSPS) is 26.4. The zero-order chi connectivity index (χ0) is 14.9. The summed E-state index contributed by atoms with van der Waals surface area (Å²) >= 11 is 0. The number of nitrogens with one attached hydrogen (secondary N) is 2. The molecule has 2 rings (SSSR count). The fraction of sp³-hybridized carbons (Fsp3) is 0.750. The number of hydrogen-bond acceptors (Lipinski definition) is 4. The number of carbonyl (C=O) groups excluding carboxylic acids is 3. The van der Waals surface area contributed by atoms with E-state index < -0.39 is 18.0 Å². The van der Waals surface area contributed by atoms with Crippen molar-refractivity contribution in [3.8, 4) is 0 Å². The molecule has 2 aliphatic rings. The zero-order valence-corrected chi connectivity index (χ0v) is 11.6. The van der Waals surface area contributed by atoms with Crippen LogP contribution in [0, 0.1) is 5.92 Å². The Hall–Kier alpha value is -1.83. The number of hydrazine groups is 1. The molecule has 112 valence electrons. The maximum atomic E-state index is 12.0. The largest absolute Gasteiger partial charge is 0.344 e. The van der Waals surface area contributed by atoms with Crippen LogP contribution in [0.25, 0.3) is 0 Å². The van der Waals surface area contributed by atoms with Crippen LogP contribution in [0.3, 0.4) is 0 Å². The van der Waals surface area contributed by atoms with Crippen molar-refractivity contribution in [1.29, 1.82) is 0 Å².